The summed E-state index contributed by atoms with van der Waals surface area (Å²) < 4.78 is 5.44. The molecule has 3 amide bonds. The molecule has 0 aromatic heterocycles. The molecule has 0 aliphatic carbocycles. The fraction of sp³-hybridized carbons (Fsp3) is 0.609. The topological polar surface area (TPSA) is 70.2 Å². The van der Waals surface area contributed by atoms with Gasteiger partial charge in [0.2, 0.25) is 11.8 Å². The lowest BCUT2D eigenvalue weighted by Crippen LogP contribution is -2.49. The van der Waals surface area contributed by atoms with Gasteiger partial charge in [-0.1, -0.05) is 0 Å². The standard InChI is InChI=1S/C23H31N3O4/c1-2-30-19-8-6-18(7-9-19)26-21(27)16-20(23(26)29)24-14-10-17(11-15-24)22(28)25-12-4-3-5-13-25/h6-9,17,20H,2-5,10-16H2,1H3. The second-order valence-corrected chi connectivity index (χ2v) is 8.41. The number of hydrogen-bond acceptors (Lipinski definition) is 5. The molecule has 0 saturated carbocycles. The van der Waals surface area contributed by atoms with Crippen LogP contribution in [0.4, 0.5) is 5.69 Å². The summed E-state index contributed by atoms with van der Waals surface area (Å²) in [7, 11) is 0. The minimum Gasteiger partial charge on any atom is -0.494 e. The number of imide groups is 1. The Balaban J connectivity index is 1.35. The van der Waals surface area contributed by atoms with Crippen LogP contribution in [0.15, 0.2) is 24.3 Å². The Hall–Kier alpha value is -2.41. The van der Waals surface area contributed by atoms with E-state index >= 15 is 0 Å². The van der Waals surface area contributed by atoms with Gasteiger partial charge in [-0.15, -0.1) is 0 Å². The molecule has 162 valence electrons. The third-order valence-corrected chi connectivity index (χ3v) is 6.52. The molecule has 7 heteroatoms. The summed E-state index contributed by atoms with van der Waals surface area (Å²) >= 11 is 0. The van der Waals surface area contributed by atoms with Crippen molar-refractivity contribution in [2.24, 2.45) is 5.92 Å². The first-order chi connectivity index (χ1) is 14.6. The Bertz CT molecular complexity index is 780. The van der Waals surface area contributed by atoms with Crippen molar-refractivity contribution in [3.8, 4) is 5.75 Å². The number of rotatable bonds is 5. The average Bonchev–Trinajstić information content (AvgIpc) is 3.09. The number of carbonyl (C=O) groups is 3. The summed E-state index contributed by atoms with van der Waals surface area (Å²) in [6, 6.07) is 6.66. The Morgan fingerprint density at radius 1 is 1.00 bits per heavy atom. The van der Waals surface area contributed by atoms with Crippen LogP contribution in [0, 0.1) is 5.92 Å². The van der Waals surface area contributed by atoms with Gasteiger partial charge in [0.1, 0.15) is 5.75 Å². The third kappa shape index (κ3) is 4.21. The number of ether oxygens (including phenoxy) is 1. The van der Waals surface area contributed by atoms with Crippen LogP contribution in [0.3, 0.4) is 0 Å². The number of hydrogen-bond donors (Lipinski definition) is 0. The number of benzene rings is 1. The molecule has 3 heterocycles. The summed E-state index contributed by atoms with van der Waals surface area (Å²) in [6.07, 6.45) is 5.14. The number of anilines is 1. The summed E-state index contributed by atoms with van der Waals surface area (Å²) in [5, 5.41) is 0. The zero-order chi connectivity index (χ0) is 21.1. The van der Waals surface area contributed by atoms with E-state index in [0.29, 0.717) is 25.4 Å². The summed E-state index contributed by atoms with van der Waals surface area (Å²) in [5.74, 6) is 0.718. The largest absolute Gasteiger partial charge is 0.494 e. The number of piperidine rings is 2. The first kappa shape index (κ1) is 20.8. The van der Waals surface area contributed by atoms with Crippen molar-refractivity contribution in [1.82, 2.24) is 9.80 Å². The molecule has 0 radical (unpaired) electrons. The molecule has 1 atom stereocenters. The molecule has 30 heavy (non-hydrogen) atoms. The predicted octanol–water partition coefficient (Wildman–Crippen LogP) is 2.44. The molecule has 0 spiro atoms. The Labute approximate surface area is 177 Å². The first-order valence-corrected chi connectivity index (χ1v) is 11.2. The molecule has 3 aliphatic heterocycles. The van der Waals surface area contributed by atoms with Gasteiger partial charge >= 0.3 is 0 Å². The fourth-order valence-corrected chi connectivity index (χ4v) is 4.86. The minimum absolute atomic E-state index is 0.0498. The summed E-state index contributed by atoms with van der Waals surface area (Å²) in [5.41, 5.74) is 0.589. The van der Waals surface area contributed by atoms with Crippen molar-refractivity contribution in [1.29, 1.82) is 0 Å². The molecule has 3 saturated heterocycles. The van der Waals surface area contributed by atoms with E-state index < -0.39 is 6.04 Å². The second-order valence-electron chi connectivity index (χ2n) is 8.41. The summed E-state index contributed by atoms with van der Waals surface area (Å²) in [4.78, 5) is 43.8. The molecule has 4 rings (SSSR count). The predicted molar refractivity (Wildman–Crippen MR) is 113 cm³/mol. The van der Waals surface area contributed by atoms with E-state index in [2.05, 4.69) is 4.90 Å². The van der Waals surface area contributed by atoms with Crippen LogP contribution in [0.2, 0.25) is 0 Å². The molecule has 3 aliphatic rings. The van der Waals surface area contributed by atoms with Crippen molar-refractivity contribution in [3.05, 3.63) is 24.3 Å². The maximum Gasteiger partial charge on any atom is 0.251 e. The van der Waals surface area contributed by atoms with Crippen LogP contribution in [0.25, 0.3) is 0 Å². The molecule has 7 nitrogen and oxygen atoms in total. The van der Waals surface area contributed by atoms with E-state index in [1.54, 1.807) is 24.3 Å². The van der Waals surface area contributed by atoms with Gasteiger partial charge in [-0.3, -0.25) is 19.3 Å². The molecule has 0 N–H and O–H groups in total. The van der Waals surface area contributed by atoms with Gasteiger partial charge in [0.15, 0.2) is 0 Å². The van der Waals surface area contributed by atoms with Crippen LogP contribution < -0.4 is 9.64 Å². The second kappa shape index (κ2) is 9.16. The Morgan fingerprint density at radius 3 is 2.30 bits per heavy atom. The average molecular weight is 414 g/mol. The highest BCUT2D eigenvalue weighted by molar-refractivity contribution is 6.22. The molecule has 3 fully saturated rings. The molecule has 1 aromatic carbocycles. The maximum atomic E-state index is 13.0. The Kier molecular flexibility index (Phi) is 6.37. The van der Waals surface area contributed by atoms with Crippen molar-refractivity contribution in [2.75, 3.05) is 37.7 Å². The van der Waals surface area contributed by atoms with Crippen LogP contribution in [0.5, 0.6) is 5.75 Å². The molecular formula is C23H31N3O4. The van der Waals surface area contributed by atoms with Crippen LogP contribution in [0.1, 0.15) is 45.4 Å². The summed E-state index contributed by atoms with van der Waals surface area (Å²) in [6.45, 7) is 5.61. The van der Waals surface area contributed by atoms with E-state index in [1.807, 2.05) is 11.8 Å². The van der Waals surface area contributed by atoms with E-state index in [1.165, 1.54) is 11.3 Å². The monoisotopic (exact) mass is 413 g/mol. The lowest BCUT2D eigenvalue weighted by Gasteiger charge is -2.37. The van der Waals surface area contributed by atoms with Gasteiger partial charge < -0.3 is 9.64 Å². The highest BCUT2D eigenvalue weighted by atomic mass is 16.5. The van der Waals surface area contributed by atoms with Crippen LogP contribution >= 0.6 is 0 Å². The van der Waals surface area contributed by atoms with Gasteiger partial charge in [0, 0.05) is 19.0 Å². The normalized spacial score (nSPS) is 23.8. The van der Waals surface area contributed by atoms with Crippen LogP contribution in [-0.2, 0) is 14.4 Å². The van der Waals surface area contributed by atoms with Gasteiger partial charge in [0.25, 0.3) is 5.91 Å². The molecular weight excluding hydrogens is 382 g/mol. The van der Waals surface area contributed by atoms with Crippen LogP contribution in [-0.4, -0.2) is 66.3 Å². The van der Waals surface area contributed by atoms with Gasteiger partial charge in [0.05, 0.1) is 24.8 Å². The highest BCUT2D eigenvalue weighted by Crippen LogP contribution is 2.30. The van der Waals surface area contributed by atoms with Crippen molar-refractivity contribution in [3.63, 3.8) is 0 Å². The van der Waals surface area contributed by atoms with Gasteiger partial charge in [-0.2, -0.15) is 0 Å². The maximum absolute atomic E-state index is 13.0. The number of amides is 3. The number of carbonyl (C=O) groups excluding carboxylic acids is 3. The fourth-order valence-electron chi connectivity index (χ4n) is 4.86. The number of likely N-dealkylation sites (tertiary alicyclic amines) is 2. The SMILES string of the molecule is CCOc1ccc(N2C(=O)CC(N3CCC(C(=O)N4CCCCC4)CC3)C2=O)cc1. The van der Waals surface area contributed by atoms with E-state index in [4.69, 9.17) is 4.74 Å². The third-order valence-electron chi connectivity index (χ3n) is 6.52. The highest BCUT2D eigenvalue weighted by Gasteiger charge is 2.44. The molecule has 0 bridgehead atoms. The quantitative estimate of drug-likeness (QED) is 0.694. The zero-order valence-corrected chi connectivity index (χ0v) is 17.7. The lowest BCUT2D eigenvalue weighted by molar-refractivity contribution is -0.138. The first-order valence-electron chi connectivity index (χ1n) is 11.2. The van der Waals surface area contributed by atoms with E-state index in [-0.39, 0.29) is 30.1 Å². The van der Waals surface area contributed by atoms with Crippen molar-refractivity contribution < 1.29 is 19.1 Å². The Morgan fingerprint density at radius 2 is 1.67 bits per heavy atom. The lowest BCUT2D eigenvalue weighted by atomic mass is 9.93. The zero-order valence-electron chi connectivity index (χ0n) is 17.7. The number of nitrogens with zero attached hydrogens (tertiary/aromatic N) is 3. The van der Waals surface area contributed by atoms with Gasteiger partial charge in [-0.05, 0) is 76.4 Å². The van der Waals surface area contributed by atoms with Gasteiger partial charge in [-0.25, -0.2) is 4.90 Å². The smallest absolute Gasteiger partial charge is 0.251 e. The van der Waals surface area contributed by atoms with E-state index in [9.17, 15) is 14.4 Å². The van der Waals surface area contributed by atoms with Crippen molar-refractivity contribution >= 4 is 23.4 Å². The van der Waals surface area contributed by atoms with E-state index in [0.717, 1.165) is 44.5 Å². The molecule has 1 unspecified atom stereocenters. The molecule has 1 aromatic rings. The minimum atomic E-state index is -0.421. The van der Waals surface area contributed by atoms with Crippen molar-refractivity contribution in [2.45, 2.75) is 51.5 Å².